The summed E-state index contributed by atoms with van der Waals surface area (Å²) >= 11 is 0. The Morgan fingerprint density at radius 1 is 1.29 bits per heavy atom. The fourth-order valence-corrected chi connectivity index (χ4v) is 1.83. The Hall–Kier alpha value is -0.230. The van der Waals surface area contributed by atoms with E-state index in [-0.39, 0.29) is 30.0 Å². The highest BCUT2D eigenvalue weighted by Gasteiger charge is 2.19. The molecule has 0 saturated heterocycles. The van der Waals surface area contributed by atoms with Crippen LogP contribution in [0.5, 0.6) is 0 Å². The first-order chi connectivity index (χ1) is 6.16. The second-order valence-electron chi connectivity index (χ2n) is 3.53. The van der Waals surface area contributed by atoms with E-state index in [1.165, 1.54) is 6.07 Å². The van der Waals surface area contributed by atoms with E-state index in [0.29, 0.717) is 18.4 Å². The first kappa shape index (κ1) is 11.8. The molecule has 0 heterocycles. The average molecular weight is 311 g/mol. The number of fused-ring (bicyclic) bond motifs is 1. The van der Waals surface area contributed by atoms with Crippen LogP contribution in [0.15, 0.2) is 12.1 Å². The summed E-state index contributed by atoms with van der Waals surface area (Å²) in [6, 6.07) is 2.38. The molecule has 0 bridgehead atoms. The van der Waals surface area contributed by atoms with Crippen molar-refractivity contribution in [2.75, 3.05) is 0 Å². The van der Waals surface area contributed by atoms with Gasteiger partial charge in [0.1, 0.15) is 11.6 Å². The highest BCUT2D eigenvalue weighted by Crippen LogP contribution is 2.24. The molecule has 14 heavy (non-hydrogen) atoms. The standard InChI is InChI=1S/C10H11F2N.HI/c11-7-3-6-4-8(13)1-2-9(6)10(12)5-7;/h3,5,8H,1-2,4,13H2;1H/t8-;/m0./s1. The fraction of sp³-hybridized carbons (Fsp3) is 0.400. The summed E-state index contributed by atoms with van der Waals surface area (Å²) in [6.45, 7) is 0. The van der Waals surface area contributed by atoms with Crippen molar-refractivity contribution in [1.29, 1.82) is 0 Å². The third-order valence-electron chi connectivity index (χ3n) is 2.50. The van der Waals surface area contributed by atoms with Crippen molar-refractivity contribution in [2.24, 2.45) is 5.73 Å². The molecular weight excluding hydrogens is 299 g/mol. The molecule has 2 rings (SSSR count). The van der Waals surface area contributed by atoms with E-state index in [4.69, 9.17) is 5.73 Å². The van der Waals surface area contributed by atoms with Gasteiger partial charge in [-0.25, -0.2) is 8.78 Å². The van der Waals surface area contributed by atoms with Crippen LogP contribution in [0.2, 0.25) is 0 Å². The molecule has 1 aromatic carbocycles. The van der Waals surface area contributed by atoms with Crippen LogP contribution < -0.4 is 5.73 Å². The molecule has 1 aliphatic carbocycles. The summed E-state index contributed by atoms with van der Waals surface area (Å²) in [5.74, 6) is -0.938. The molecule has 0 fully saturated rings. The van der Waals surface area contributed by atoms with Crippen LogP contribution in [-0.2, 0) is 12.8 Å². The highest BCUT2D eigenvalue weighted by atomic mass is 127. The van der Waals surface area contributed by atoms with Crippen molar-refractivity contribution in [3.8, 4) is 0 Å². The molecule has 0 unspecified atom stereocenters. The van der Waals surface area contributed by atoms with Crippen LogP contribution in [0.3, 0.4) is 0 Å². The van der Waals surface area contributed by atoms with Gasteiger partial charge in [-0.2, -0.15) is 0 Å². The zero-order valence-electron chi connectivity index (χ0n) is 7.59. The lowest BCUT2D eigenvalue weighted by molar-refractivity contribution is 0.520. The van der Waals surface area contributed by atoms with Crippen molar-refractivity contribution in [3.05, 3.63) is 34.9 Å². The summed E-state index contributed by atoms with van der Waals surface area (Å²) < 4.78 is 26.0. The topological polar surface area (TPSA) is 26.0 Å². The third kappa shape index (κ3) is 2.23. The minimum atomic E-state index is -0.509. The molecule has 2 N–H and O–H groups in total. The largest absolute Gasteiger partial charge is 0.327 e. The van der Waals surface area contributed by atoms with E-state index in [1.807, 2.05) is 0 Å². The first-order valence-electron chi connectivity index (χ1n) is 4.39. The van der Waals surface area contributed by atoms with Crippen LogP contribution in [0, 0.1) is 11.6 Å². The van der Waals surface area contributed by atoms with Crippen LogP contribution in [-0.4, -0.2) is 6.04 Å². The van der Waals surface area contributed by atoms with Gasteiger partial charge in [0, 0.05) is 12.1 Å². The first-order valence-corrected chi connectivity index (χ1v) is 4.39. The Morgan fingerprint density at radius 2 is 2.00 bits per heavy atom. The van der Waals surface area contributed by atoms with Gasteiger partial charge < -0.3 is 5.73 Å². The van der Waals surface area contributed by atoms with E-state index in [2.05, 4.69) is 0 Å². The average Bonchev–Trinajstić information content (AvgIpc) is 2.02. The molecule has 1 aliphatic rings. The van der Waals surface area contributed by atoms with Crippen LogP contribution in [0.1, 0.15) is 17.5 Å². The molecule has 0 spiro atoms. The molecule has 78 valence electrons. The molecule has 1 nitrogen and oxygen atoms in total. The molecule has 0 radical (unpaired) electrons. The Bertz CT molecular complexity index is 341. The monoisotopic (exact) mass is 311 g/mol. The number of benzene rings is 1. The van der Waals surface area contributed by atoms with Crippen molar-refractivity contribution in [1.82, 2.24) is 0 Å². The number of rotatable bonds is 0. The second-order valence-corrected chi connectivity index (χ2v) is 3.53. The number of hydrogen-bond donors (Lipinski definition) is 1. The van der Waals surface area contributed by atoms with Gasteiger partial charge in [-0.3, -0.25) is 0 Å². The molecule has 1 aromatic rings. The SMILES string of the molecule is I.N[C@H]1CCc2c(F)cc(F)cc2C1. The van der Waals surface area contributed by atoms with Gasteiger partial charge in [0.25, 0.3) is 0 Å². The van der Waals surface area contributed by atoms with Crippen molar-refractivity contribution in [2.45, 2.75) is 25.3 Å². The minimum Gasteiger partial charge on any atom is -0.327 e. The van der Waals surface area contributed by atoms with E-state index in [9.17, 15) is 8.78 Å². The summed E-state index contributed by atoms with van der Waals surface area (Å²) in [5, 5.41) is 0. The number of hydrogen-bond acceptors (Lipinski definition) is 1. The maximum atomic E-state index is 13.2. The van der Waals surface area contributed by atoms with E-state index >= 15 is 0 Å². The Kier molecular flexibility index (Phi) is 3.83. The van der Waals surface area contributed by atoms with Crippen molar-refractivity contribution in [3.63, 3.8) is 0 Å². The molecule has 4 heteroatoms. The minimum absolute atomic E-state index is 0. The van der Waals surface area contributed by atoms with Crippen LogP contribution in [0.25, 0.3) is 0 Å². The lowest BCUT2D eigenvalue weighted by Gasteiger charge is -2.21. The fourth-order valence-electron chi connectivity index (χ4n) is 1.83. The number of halogens is 3. The lowest BCUT2D eigenvalue weighted by atomic mass is 9.88. The van der Waals surface area contributed by atoms with Crippen LogP contribution in [0.4, 0.5) is 8.78 Å². The predicted molar refractivity (Wildman–Crippen MR) is 61.8 cm³/mol. The van der Waals surface area contributed by atoms with Gasteiger partial charge in [-0.05, 0) is 36.5 Å². The molecule has 0 saturated carbocycles. The molecular formula is C10H12F2IN. The second kappa shape index (κ2) is 4.53. The van der Waals surface area contributed by atoms with Gasteiger partial charge in [0.15, 0.2) is 0 Å². The zero-order valence-corrected chi connectivity index (χ0v) is 9.93. The van der Waals surface area contributed by atoms with Crippen LogP contribution >= 0.6 is 24.0 Å². The van der Waals surface area contributed by atoms with Crippen molar-refractivity contribution >= 4 is 24.0 Å². The Balaban J connectivity index is 0.000000980. The molecule has 0 aliphatic heterocycles. The maximum absolute atomic E-state index is 13.2. The van der Waals surface area contributed by atoms with Gasteiger partial charge in [0.05, 0.1) is 0 Å². The van der Waals surface area contributed by atoms with Gasteiger partial charge in [-0.1, -0.05) is 0 Å². The molecule has 0 aromatic heterocycles. The maximum Gasteiger partial charge on any atom is 0.129 e. The quantitative estimate of drug-likeness (QED) is 0.732. The smallest absolute Gasteiger partial charge is 0.129 e. The lowest BCUT2D eigenvalue weighted by Crippen LogP contribution is -2.28. The molecule has 1 atom stereocenters. The Labute approximate surface area is 98.7 Å². The van der Waals surface area contributed by atoms with E-state index in [1.54, 1.807) is 0 Å². The summed E-state index contributed by atoms with van der Waals surface area (Å²) in [6.07, 6.45) is 2.00. The summed E-state index contributed by atoms with van der Waals surface area (Å²) in [5.41, 5.74) is 7.08. The normalized spacial score (nSPS) is 19.8. The van der Waals surface area contributed by atoms with Crippen molar-refractivity contribution < 1.29 is 8.78 Å². The Morgan fingerprint density at radius 3 is 2.71 bits per heavy atom. The van der Waals surface area contributed by atoms with Gasteiger partial charge in [0.2, 0.25) is 0 Å². The summed E-state index contributed by atoms with van der Waals surface area (Å²) in [7, 11) is 0. The summed E-state index contributed by atoms with van der Waals surface area (Å²) in [4.78, 5) is 0. The number of nitrogens with two attached hydrogens (primary N) is 1. The highest BCUT2D eigenvalue weighted by molar-refractivity contribution is 14.0. The van der Waals surface area contributed by atoms with Gasteiger partial charge in [-0.15, -0.1) is 24.0 Å². The van der Waals surface area contributed by atoms with Gasteiger partial charge >= 0.3 is 0 Å². The predicted octanol–water partition coefficient (Wildman–Crippen LogP) is 2.40. The molecule has 0 amide bonds. The van der Waals surface area contributed by atoms with E-state index < -0.39 is 11.6 Å². The third-order valence-corrected chi connectivity index (χ3v) is 2.50. The zero-order chi connectivity index (χ0) is 9.42. The van der Waals surface area contributed by atoms with E-state index in [0.717, 1.165) is 18.1 Å².